The van der Waals surface area contributed by atoms with E-state index in [4.69, 9.17) is 38.4 Å². The maximum absolute atomic E-state index is 13.7. The molecular weight excluding hydrogens is 681 g/mol. The summed E-state index contributed by atoms with van der Waals surface area (Å²) in [6, 6.07) is 15.6. The van der Waals surface area contributed by atoms with Crippen molar-refractivity contribution in [2.24, 2.45) is 0 Å². The first-order valence-electron chi connectivity index (χ1n) is 17.2. The van der Waals surface area contributed by atoms with Crippen LogP contribution in [0.4, 0.5) is 5.69 Å². The molecule has 15 nitrogen and oxygen atoms in total. The number of carbonyl (C=O) groups is 2. The highest BCUT2D eigenvalue weighted by Crippen LogP contribution is 2.41. The Morgan fingerprint density at radius 2 is 1.45 bits per heavy atom. The number of ether oxygens (including phenoxy) is 4. The summed E-state index contributed by atoms with van der Waals surface area (Å²) >= 11 is 0. The van der Waals surface area contributed by atoms with E-state index in [0.29, 0.717) is 83.9 Å². The van der Waals surface area contributed by atoms with Crippen LogP contribution in [0.1, 0.15) is 44.1 Å². The number of rotatable bonds is 23. The molecule has 0 atom stereocenters. The van der Waals surface area contributed by atoms with Crippen molar-refractivity contribution in [3.05, 3.63) is 54.1 Å². The largest absolute Gasteiger partial charge is 0.400 e. The van der Waals surface area contributed by atoms with Crippen LogP contribution in [0, 0.1) is 0 Å². The van der Waals surface area contributed by atoms with E-state index in [-0.39, 0.29) is 24.7 Å². The number of benzene rings is 2. The van der Waals surface area contributed by atoms with E-state index >= 15 is 0 Å². The highest BCUT2D eigenvalue weighted by Gasteiger charge is 2.29. The minimum atomic E-state index is -2.31. The Morgan fingerprint density at radius 1 is 0.804 bits per heavy atom. The van der Waals surface area contributed by atoms with Crippen LogP contribution in [0.2, 0.25) is 0 Å². The van der Waals surface area contributed by atoms with E-state index in [1.807, 2.05) is 53.2 Å². The quantitative estimate of drug-likeness (QED) is 0.0823. The van der Waals surface area contributed by atoms with E-state index in [1.165, 1.54) is 0 Å². The molecule has 0 bridgehead atoms. The monoisotopic (exact) mass is 733 g/mol. The average molecular weight is 734 g/mol. The van der Waals surface area contributed by atoms with Gasteiger partial charge in [0.1, 0.15) is 5.69 Å². The lowest BCUT2D eigenvalue weighted by Gasteiger charge is -2.28. The number of carbonyl (C=O) groups excluding carboxylic acids is 2. The zero-order chi connectivity index (χ0) is 36.7. The van der Waals surface area contributed by atoms with Gasteiger partial charge in [0.2, 0.25) is 11.8 Å². The molecule has 0 saturated carbocycles. The third-order valence-corrected chi connectivity index (χ3v) is 8.29. The van der Waals surface area contributed by atoms with Crippen molar-refractivity contribution < 1.29 is 48.0 Å². The molecule has 0 spiro atoms. The summed E-state index contributed by atoms with van der Waals surface area (Å²) in [6.07, 6.45) is 3.39. The fourth-order valence-electron chi connectivity index (χ4n) is 5.43. The Labute approximate surface area is 300 Å². The van der Waals surface area contributed by atoms with Gasteiger partial charge in [-0.1, -0.05) is 60.5 Å². The van der Waals surface area contributed by atoms with Crippen molar-refractivity contribution in [1.29, 1.82) is 0 Å². The number of hydrogen-bond donors (Lipinski definition) is 4. The molecule has 1 aromatic heterocycles. The van der Waals surface area contributed by atoms with Gasteiger partial charge in [-0.05, 0) is 24.5 Å². The number of unbranched alkanes of at least 4 members (excludes halogenated alkanes) is 3. The summed E-state index contributed by atoms with van der Waals surface area (Å²) in [5, 5.41) is 19.0. The summed E-state index contributed by atoms with van der Waals surface area (Å²) in [6.45, 7) is 5.06. The summed E-state index contributed by atoms with van der Waals surface area (Å²) in [7, 11) is 0.332. The van der Waals surface area contributed by atoms with Crippen LogP contribution >= 0.6 is 8.60 Å². The highest BCUT2D eigenvalue weighted by atomic mass is 31.2. The minimum absolute atomic E-state index is 0.0619. The third kappa shape index (κ3) is 14.3. The van der Waals surface area contributed by atoms with Gasteiger partial charge in [0, 0.05) is 44.7 Å². The summed E-state index contributed by atoms with van der Waals surface area (Å²) in [5.74, 6) is -0.326. The summed E-state index contributed by atoms with van der Waals surface area (Å²) in [5.41, 5.74) is 4.93. The first-order valence-corrected chi connectivity index (χ1v) is 18.3. The van der Waals surface area contributed by atoms with Crippen molar-refractivity contribution >= 4 is 26.1 Å². The van der Waals surface area contributed by atoms with Gasteiger partial charge in [-0.25, -0.2) is 4.68 Å². The maximum Gasteiger partial charge on any atom is 0.327 e. The molecule has 2 heterocycles. The molecule has 0 saturated heterocycles. The van der Waals surface area contributed by atoms with E-state index in [1.54, 1.807) is 12.0 Å². The molecular formula is C35H52N5O10P. The van der Waals surface area contributed by atoms with Gasteiger partial charge >= 0.3 is 8.60 Å². The van der Waals surface area contributed by atoms with Crippen LogP contribution < -0.4 is 10.2 Å². The average Bonchev–Trinajstić information content (AvgIpc) is 3.56. The van der Waals surface area contributed by atoms with E-state index in [2.05, 4.69) is 15.6 Å². The number of methoxy groups -OCH3 is 1. The second kappa shape index (κ2) is 24.8. The number of aliphatic hydroxyl groups excluding tert-OH is 1. The molecule has 2 amide bonds. The molecule has 0 fully saturated rings. The lowest BCUT2D eigenvalue weighted by Crippen LogP contribution is -2.33. The fraction of sp³-hybridized carbons (Fsp3) is 0.543. The number of nitrogens with zero attached hydrogens (tertiary/aromatic N) is 4. The first-order chi connectivity index (χ1) is 25.0. The molecule has 282 valence electrons. The minimum Gasteiger partial charge on any atom is -0.400 e. The third-order valence-electron chi connectivity index (χ3n) is 7.88. The molecule has 4 N–H and O–H groups in total. The van der Waals surface area contributed by atoms with Crippen molar-refractivity contribution in [1.82, 2.24) is 20.3 Å². The van der Waals surface area contributed by atoms with Crippen molar-refractivity contribution in [2.45, 2.75) is 51.6 Å². The van der Waals surface area contributed by atoms with Crippen LogP contribution in [0.5, 0.6) is 0 Å². The van der Waals surface area contributed by atoms with Gasteiger partial charge in [-0.2, -0.15) is 0 Å². The van der Waals surface area contributed by atoms with Gasteiger partial charge in [-0.3, -0.25) is 9.59 Å². The number of fused-ring (bicyclic) bond motifs is 5. The topological polar surface area (TPSA) is 187 Å². The molecule has 2 aromatic carbocycles. The van der Waals surface area contributed by atoms with Crippen LogP contribution in [-0.2, 0) is 46.1 Å². The number of aliphatic hydroxyl groups is 1. The number of amides is 2. The number of para-hydroxylation sites is 1. The molecule has 1 aliphatic rings. The lowest BCUT2D eigenvalue weighted by atomic mass is 9.95. The van der Waals surface area contributed by atoms with Crippen molar-refractivity contribution in [3.8, 4) is 22.5 Å². The Hall–Kier alpha value is -3.37. The Morgan fingerprint density at radius 3 is 2.18 bits per heavy atom. The van der Waals surface area contributed by atoms with E-state index in [9.17, 15) is 9.59 Å². The molecule has 0 unspecified atom stereocenters. The highest BCUT2D eigenvalue weighted by molar-refractivity contribution is 7.39. The van der Waals surface area contributed by atoms with Gasteiger partial charge in [-0.15, -0.1) is 5.10 Å². The molecule has 0 radical (unpaired) electrons. The fourth-order valence-corrected chi connectivity index (χ4v) is 5.72. The number of anilines is 1. The molecule has 3 aromatic rings. The van der Waals surface area contributed by atoms with Crippen molar-refractivity contribution in [2.75, 3.05) is 78.5 Å². The number of aromatic nitrogens is 3. The zero-order valence-corrected chi connectivity index (χ0v) is 30.5. The predicted molar refractivity (Wildman–Crippen MR) is 193 cm³/mol. The summed E-state index contributed by atoms with van der Waals surface area (Å²) in [4.78, 5) is 45.6. The Bertz CT molecular complexity index is 1440. The SMILES string of the molecule is CO.COCCOCCOCCOCCn1nnc2c1-c1ccccc1CN(C(=O)CCC(=O)NCCCCCCOP(O)O)c1ccccc1-2. The van der Waals surface area contributed by atoms with Crippen LogP contribution in [0.3, 0.4) is 0 Å². The van der Waals surface area contributed by atoms with Gasteiger partial charge in [0.15, 0.2) is 0 Å². The predicted octanol–water partition coefficient (Wildman–Crippen LogP) is 3.45. The maximum atomic E-state index is 13.7. The van der Waals surface area contributed by atoms with Crippen molar-refractivity contribution in [3.63, 3.8) is 0 Å². The summed E-state index contributed by atoms with van der Waals surface area (Å²) < 4.78 is 28.3. The molecule has 16 heteroatoms. The first kappa shape index (κ1) is 42.0. The smallest absolute Gasteiger partial charge is 0.327 e. The van der Waals surface area contributed by atoms with E-state index in [0.717, 1.165) is 55.2 Å². The standard InChI is InChI=1S/C34H48N5O9P.CH4O/c1-44-20-21-46-24-25-47-23-22-45-19-17-39-34-28-11-5-4-10-27(28)26-38(30-13-7-6-12-29(30)33(34)36-37-39)32(41)15-14-31(40)35-16-8-2-3-9-18-48-49(42)43;1-2/h4-7,10-13,42-43H,2-3,8-9,14-26H2,1H3,(H,35,40);2H,1H3. The zero-order valence-electron chi connectivity index (χ0n) is 29.6. The molecule has 1 aliphatic heterocycles. The Kier molecular flexibility index (Phi) is 20.4. The molecule has 51 heavy (non-hydrogen) atoms. The van der Waals surface area contributed by atoms with E-state index < -0.39 is 8.60 Å². The number of hydrogen-bond acceptors (Lipinski definition) is 12. The van der Waals surface area contributed by atoms with Crippen LogP contribution in [-0.4, -0.2) is 115 Å². The second-order valence-electron chi connectivity index (χ2n) is 11.3. The Balaban J connectivity index is 0.00000345. The van der Waals surface area contributed by atoms with Gasteiger partial charge in [0.05, 0.1) is 77.3 Å². The molecule has 0 aliphatic carbocycles. The second-order valence-corrected chi connectivity index (χ2v) is 12.1. The number of nitrogens with one attached hydrogen (secondary N) is 1. The van der Waals surface area contributed by atoms with Crippen LogP contribution in [0.25, 0.3) is 22.5 Å². The van der Waals surface area contributed by atoms with Crippen LogP contribution in [0.15, 0.2) is 48.5 Å². The van der Waals surface area contributed by atoms with Gasteiger partial charge in [0.25, 0.3) is 0 Å². The molecule has 4 rings (SSSR count). The normalized spacial score (nSPS) is 11.9. The van der Waals surface area contributed by atoms with Gasteiger partial charge < -0.3 is 48.6 Å². The lowest BCUT2D eigenvalue weighted by molar-refractivity contribution is -0.125.